The lowest BCUT2D eigenvalue weighted by Gasteiger charge is -2.31. The van der Waals surface area contributed by atoms with Gasteiger partial charge in [-0.2, -0.15) is 0 Å². The Kier molecular flexibility index (Phi) is 13.6. The molecule has 0 aliphatic rings. The molecule has 0 amide bonds. The van der Waals surface area contributed by atoms with Gasteiger partial charge in [0.25, 0.3) is 0 Å². The van der Waals surface area contributed by atoms with Crippen LogP contribution in [0, 0.1) is 0 Å². The number of unbranched alkanes of at least 4 members (excludes halogenated alkanes) is 9. The van der Waals surface area contributed by atoms with Crippen LogP contribution in [0.3, 0.4) is 0 Å². The van der Waals surface area contributed by atoms with Crippen LogP contribution in [0.5, 0.6) is 5.75 Å². The van der Waals surface area contributed by atoms with Crippen molar-refractivity contribution in [3.63, 3.8) is 0 Å². The molecule has 35 heavy (non-hydrogen) atoms. The highest BCUT2D eigenvalue weighted by Crippen LogP contribution is 2.59. The maximum absolute atomic E-state index is 13.6. The van der Waals surface area contributed by atoms with Crippen LogP contribution in [0.4, 0.5) is 0 Å². The van der Waals surface area contributed by atoms with Gasteiger partial charge in [0, 0.05) is 14.2 Å². The molecule has 0 spiro atoms. The van der Waals surface area contributed by atoms with Crippen LogP contribution < -0.4 is 5.32 Å². The molecule has 2 N–H and O–H groups in total. The number of hydrogen-bond acceptors (Lipinski definition) is 5. The van der Waals surface area contributed by atoms with E-state index < -0.39 is 13.4 Å². The van der Waals surface area contributed by atoms with E-state index in [0.717, 1.165) is 36.1 Å². The Hall–Kier alpha value is -0.870. The topological polar surface area (TPSA) is 67.8 Å². The predicted molar refractivity (Wildman–Crippen MR) is 150 cm³/mol. The first-order valence-electron chi connectivity index (χ1n) is 13.6. The van der Waals surface area contributed by atoms with Gasteiger partial charge in [0.1, 0.15) is 11.5 Å². The lowest BCUT2D eigenvalue weighted by Crippen LogP contribution is -2.26. The van der Waals surface area contributed by atoms with Crippen molar-refractivity contribution >= 4 is 7.60 Å². The van der Waals surface area contributed by atoms with Crippen molar-refractivity contribution in [2.24, 2.45) is 0 Å². The molecule has 0 aliphatic carbocycles. The summed E-state index contributed by atoms with van der Waals surface area (Å²) in [6.07, 6.45) is 12.7. The normalized spacial score (nSPS) is 13.9. The van der Waals surface area contributed by atoms with Gasteiger partial charge in [0.15, 0.2) is 0 Å². The van der Waals surface area contributed by atoms with E-state index in [1.165, 1.54) is 65.6 Å². The van der Waals surface area contributed by atoms with Crippen molar-refractivity contribution in [2.75, 3.05) is 20.8 Å². The van der Waals surface area contributed by atoms with Gasteiger partial charge in [-0.3, -0.25) is 9.88 Å². The number of hydrogen-bond donors (Lipinski definition) is 2. The lowest BCUT2D eigenvalue weighted by atomic mass is 9.78. The molecule has 0 saturated heterocycles. The molecule has 1 rings (SSSR count). The Balaban J connectivity index is 2.97. The monoisotopic (exact) mass is 511 g/mol. The number of aromatic hydroxyl groups is 1. The van der Waals surface area contributed by atoms with Gasteiger partial charge in [-0.1, -0.05) is 106 Å². The minimum Gasteiger partial charge on any atom is -0.507 e. The molecule has 0 bridgehead atoms. The fourth-order valence-electron chi connectivity index (χ4n) is 4.51. The highest BCUT2D eigenvalue weighted by atomic mass is 31.2. The first-order valence-corrected chi connectivity index (χ1v) is 15.3. The smallest absolute Gasteiger partial charge is 0.351 e. The minimum absolute atomic E-state index is 0.273. The predicted octanol–water partition coefficient (Wildman–Crippen LogP) is 8.98. The zero-order valence-electron chi connectivity index (χ0n) is 24.1. The van der Waals surface area contributed by atoms with Gasteiger partial charge in [0.05, 0.1) is 0 Å². The van der Waals surface area contributed by atoms with Crippen molar-refractivity contribution in [1.29, 1.82) is 0 Å². The molecule has 1 aromatic rings. The summed E-state index contributed by atoms with van der Waals surface area (Å²) in [4.78, 5) is 0. The molecule has 6 heteroatoms. The summed E-state index contributed by atoms with van der Waals surface area (Å²) >= 11 is 0. The van der Waals surface area contributed by atoms with Crippen LogP contribution in [-0.2, 0) is 24.4 Å². The molecule has 1 unspecified atom stereocenters. The second kappa shape index (κ2) is 14.8. The summed E-state index contributed by atoms with van der Waals surface area (Å²) in [6.45, 7) is 15.5. The molecule has 0 aromatic heterocycles. The van der Waals surface area contributed by atoms with Crippen LogP contribution in [0.1, 0.15) is 135 Å². The molecule has 0 heterocycles. The average molecular weight is 512 g/mol. The third kappa shape index (κ3) is 10.2. The summed E-state index contributed by atoms with van der Waals surface area (Å²) in [5.41, 5.74) is 1.96. The van der Waals surface area contributed by atoms with Gasteiger partial charge in [-0.25, -0.2) is 0 Å². The summed E-state index contributed by atoms with van der Waals surface area (Å²) in [6, 6.07) is 3.93. The average Bonchev–Trinajstić information content (AvgIpc) is 2.78. The van der Waals surface area contributed by atoms with E-state index in [0.29, 0.717) is 5.75 Å². The molecular formula is C29H54NO4P. The zero-order chi connectivity index (χ0) is 26.7. The van der Waals surface area contributed by atoms with Crippen LogP contribution in [0.15, 0.2) is 12.1 Å². The Morgan fingerprint density at radius 3 is 1.57 bits per heavy atom. The molecule has 5 nitrogen and oxygen atoms in total. The van der Waals surface area contributed by atoms with Crippen molar-refractivity contribution in [1.82, 2.24) is 5.32 Å². The molecular weight excluding hydrogens is 457 g/mol. The second-order valence-electron chi connectivity index (χ2n) is 11.9. The van der Waals surface area contributed by atoms with E-state index in [1.54, 1.807) is 0 Å². The van der Waals surface area contributed by atoms with E-state index in [9.17, 15) is 9.67 Å². The van der Waals surface area contributed by atoms with E-state index in [2.05, 4.69) is 53.8 Å². The fraction of sp³-hybridized carbons (Fsp3) is 0.793. The van der Waals surface area contributed by atoms with E-state index in [4.69, 9.17) is 9.05 Å². The molecule has 0 aliphatic heterocycles. The Bertz CT molecular complexity index is 752. The lowest BCUT2D eigenvalue weighted by molar-refractivity contribution is 0.259. The van der Waals surface area contributed by atoms with Gasteiger partial charge in [0.2, 0.25) is 0 Å². The first-order chi connectivity index (χ1) is 16.3. The maximum atomic E-state index is 13.6. The van der Waals surface area contributed by atoms with Crippen molar-refractivity contribution in [2.45, 2.75) is 129 Å². The molecule has 204 valence electrons. The zero-order valence-corrected chi connectivity index (χ0v) is 25.0. The summed E-state index contributed by atoms with van der Waals surface area (Å²) in [5.74, 6) is -0.286. The third-order valence-electron chi connectivity index (χ3n) is 6.76. The van der Waals surface area contributed by atoms with Crippen molar-refractivity contribution < 1.29 is 18.7 Å². The van der Waals surface area contributed by atoms with Gasteiger partial charge < -0.3 is 14.2 Å². The minimum atomic E-state index is -3.45. The van der Waals surface area contributed by atoms with Crippen LogP contribution in [0.25, 0.3) is 0 Å². The molecule has 1 atom stereocenters. The van der Waals surface area contributed by atoms with Gasteiger partial charge in [-0.15, -0.1) is 0 Å². The second-order valence-corrected chi connectivity index (χ2v) is 14.2. The largest absolute Gasteiger partial charge is 0.507 e. The first kappa shape index (κ1) is 32.2. The number of rotatable bonds is 16. The third-order valence-corrected chi connectivity index (χ3v) is 8.89. The van der Waals surface area contributed by atoms with Crippen LogP contribution in [-0.4, -0.2) is 25.9 Å². The van der Waals surface area contributed by atoms with Crippen molar-refractivity contribution in [3.05, 3.63) is 28.8 Å². The Morgan fingerprint density at radius 2 is 1.20 bits per heavy atom. The SMILES string of the molecule is CCCCCCCCCCCCNC(c1cc(C(C)(C)C)c(O)c(C(C)(C)C)c1)P(=O)(OC)OC. The molecule has 0 saturated carbocycles. The van der Waals surface area contributed by atoms with E-state index in [-0.39, 0.29) is 10.8 Å². The van der Waals surface area contributed by atoms with Gasteiger partial charge in [-0.05, 0) is 52.6 Å². The number of benzene rings is 1. The molecule has 1 aromatic carbocycles. The highest BCUT2D eigenvalue weighted by Gasteiger charge is 2.37. The van der Waals surface area contributed by atoms with E-state index in [1.807, 2.05) is 12.1 Å². The maximum Gasteiger partial charge on any atom is 0.351 e. The van der Waals surface area contributed by atoms with Crippen LogP contribution >= 0.6 is 7.60 Å². The number of phenols is 1. The van der Waals surface area contributed by atoms with E-state index >= 15 is 0 Å². The summed E-state index contributed by atoms with van der Waals surface area (Å²) < 4.78 is 24.5. The fourth-order valence-corrected chi connectivity index (χ4v) is 5.94. The quantitative estimate of drug-likeness (QED) is 0.171. The van der Waals surface area contributed by atoms with Gasteiger partial charge >= 0.3 is 7.60 Å². The molecule has 0 fully saturated rings. The highest BCUT2D eigenvalue weighted by molar-refractivity contribution is 7.54. The standard InChI is InChI=1S/C29H54NO4P/c1-10-11-12-13-14-15-16-17-18-19-20-30-27(35(32,33-8)34-9)23-21-24(28(2,3)4)26(31)25(22-23)29(5,6)7/h21-22,27,30-31H,10-20H2,1-9H3. The summed E-state index contributed by atoms with van der Waals surface area (Å²) in [7, 11) is -0.566. The summed E-state index contributed by atoms with van der Waals surface area (Å²) in [5, 5.41) is 14.6. The van der Waals surface area contributed by atoms with Crippen LogP contribution in [0.2, 0.25) is 0 Å². The Labute approximate surface area is 216 Å². The number of nitrogens with one attached hydrogen (secondary N) is 1. The Morgan fingerprint density at radius 1 is 0.800 bits per heavy atom. The van der Waals surface area contributed by atoms with Crippen molar-refractivity contribution in [3.8, 4) is 5.75 Å². The number of phenolic OH excluding ortho intramolecular Hbond substituents is 1. The molecule has 0 radical (unpaired) electrons.